The minimum atomic E-state index is -0.506. The van der Waals surface area contributed by atoms with Gasteiger partial charge in [0.15, 0.2) is 5.11 Å². The molecule has 40 heavy (non-hydrogen) atoms. The number of para-hydroxylation sites is 1. The highest BCUT2D eigenvalue weighted by atomic mass is 79.9. The molecule has 1 aliphatic heterocycles. The SMILES string of the molecule is Cc1ccc(N2C(=O)/C(=C\c3ccc(OCc4ccc(F)cc4)c(Br)c3)C(=O)N(c3ccccc3)C2=S)cc1C. The maximum Gasteiger partial charge on any atom is 0.270 e. The van der Waals surface area contributed by atoms with Crippen molar-refractivity contribution in [3.63, 3.8) is 0 Å². The van der Waals surface area contributed by atoms with Crippen LogP contribution in [-0.2, 0) is 16.2 Å². The summed E-state index contributed by atoms with van der Waals surface area (Å²) in [5.74, 6) is -0.749. The van der Waals surface area contributed by atoms with Gasteiger partial charge in [-0.15, -0.1) is 0 Å². The molecule has 1 fully saturated rings. The van der Waals surface area contributed by atoms with Gasteiger partial charge in [-0.25, -0.2) is 4.39 Å². The Balaban J connectivity index is 1.50. The lowest BCUT2D eigenvalue weighted by molar-refractivity contribution is -0.120. The minimum Gasteiger partial charge on any atom is -0.488 e. The Morgan fingerprint density at radius 3 is 2.15 bits per heavy atom. The molecule has 0 unspecified atom stereocenters. The van der Waals surface area contributed by atoms with Crippen molar-refractivity contribution in [2.75, 3.05) is 9.80 Å². The minimum absolute atomic E-state index is 0.0254. The number of nitrogens with zero attached hydrogens (tertiary/aromatic N) is 2. The molecule has 0 radical (unpaired) electrons. The Bertz CT molecular complexity index is 1660. The summed E-state index contributed by atoms with van der Waals surface area (Å²) in [6, 6.07) is 26.0. The monoisotopic (exact) mass is 614 g/mol. The first-order valence-corrected chi connectivity index (χ1v) is 13.7. The van der Waals surface area contributed by atoms with Crippen molar-refractivity contribution in [2.45, 2.75) is 20.5 Å². The standard InChI is InChI=1S/C32H24BrFN2O3S/c1-20-8-14-26(16-21(20)2)36-31(38)27(30(37)35(32(36)40)25-6-4-3-5-7-25)17-23-11-15-29(28(33)18-23)39-19-22-9-12-24(34)13-10-22/h3-18H,19H2,1-2H3/b27-17-. The Labute approximate surface area is 245 Å². The zero-order valence-electron chi connectivity index (χ0n) is 21.7. The highest BCUT2D eigenvalue weighted by molar-refractivity contribution is 9.10. The molecule has 0 aromatic heterocycles. The Hall–Kier alpha value is -4.14. The predicted molar refractivity (Wildman–Crippen MR) is 163 cm³/mol. The summed E-state index contributed by atoms with van der Waals surface area (Å²) >= 11 is 9.24. The van der Waals surface area contributed by atoms with Crippen molar-refractivity contribution < 1.29 is 18.7 Å². The molecule has 0 aliphatic carbocycles. The van der Waals surface area contributed by atoms with E-state index in [0.717, 1.165) is 16.7 Å². The van der Waals surface area contributed by atoms with Crippen LogP contribution in [0.2, 0.25) is 0 Å². The number of aryl methyl sites for hydroxylation is 2. The van der Waals surface area contributed by atoms with Gasteiger partial charge >= 0.3 is 0 Å². The molecule has 8 heteroatoms. The molecule has 0 atom stereocenters. The molecule has 0 spiro atoms. The number of hydrogen-bond acceptors (Lipinski definition) is 4. The van der Waals surface area contributed by atoms with E-state index >= 15 is 0 Å². The molecule has 4 aromatic carbocycles. The molecule has 5 rings (SSSR count). The number of hydrogen-bond donors (Lipinski definition) is 0. The lowest BCUT2D eigenvalue weighted by Crippen LogP contribution is -2.57. The van der Waals surface area contributed by atoms with Crippen LogP contribution in [0.3, 0.4) is 0 Å². The van der Waals surface area contributed by atoms with Gasteiger partial charge in [0.2, 0.25) is 0 Å². The van der Waals surface area contributed by atoms with Crippen LogP contribution < -0.4 is 14.5 Å². The van der Waals surface area contributed by atoms with E-state index in [4.69, 9.17) is 17.0 Å². The van der Waals surface area contributed by atoms with Gasteiger partial charge in [-0.2, -0.15) is 0 Å². The molecule has 1 saturated heterocycles. The summed E-state index contributed by atoms with van der Waals surface area (Å²) in [5.41, 5.74) is 4.65. The maximum atomic E-state index is 13.8. The first-order valence-electron chi connectivity index (χ1n) is 12.5. The van der Waals surface area contributed by atoms with Crippen molar-refractivity contribution in [2.24, 2.45) is 0 Å². The van der Waals surface area contributed by atoms with Crippen molar-refractivity contribution in [1.29, 1.82) is 0 Å². The average Bonchev–Trinajstić information content (AvgIpc) is 2.94. The Kier molecular flexibility index (Phi) is 7.91. The van der Waals surface area contributed by atoms with Crippen molar-refractivity contribution in [3.8, 4) is 5.75 Å². The summed E-state index contributed by atoms with van der Waals surface area (Å²) in [6.45, 7) is 4.21. The summed E-state index contributed by atoms with van der Waals surface area (Å²) < 4.78 is 19.7. The van der Waals surface area contributed by atoms with E-state index in [0.29, 0.717) is 27.2 Å². The lowest BCUT2D eigenvalue weighted by atomic mass is 10.0. The second kappa shape index (κ2) is 11.5. The zero-order valence-corrected chi connectivity index (χ0v) is 24.1. The molecule has 2 amide bonds. The number of amides is 2. The van der Waals surface area contributed by atoms with E-state index in [1.165, 1.54) is 21.9 Å². The fourth-order valence-electron chi connectivity index (χ4n) is 4.26. The van der Waals surface area contributed by atoms with Crippen LogP contribution in [0.15, 0.2) is 101 Å². The molecule has 1 aliphatic rings. The number of rotatable bonds is 6. The van der Waals surface area contributed by atoms with Gasteiger partial charge in [0.1, 0.15) is 23.7 Å². The number of anilines is 2. The summed E-state index contributed by atoms with van der Waals surface area (Å²) in [4.78, 5) is 30.3. The van der Waals surface area contributed by atoms with Crippen LogP contribution >= 0.6 is 28.1 Å². The fraction of sp³-hybridized carbons (Fsp3) is 0.0938. The number of ether oxygens (including phenoxy) is 1. The molecule has 1 heterocycles. The van der Waals surface area contributed by atoms with Crippen LogP contribution in [0.25, 0.3) is 6.08 Å². The van der Waals surface area contributed by atoms with Crippen LogP contribution in [0.4, 0.5) is 15.8 Å². The van der Waals surface area contributed by atoms with E-state index in [-0.39, 0.29) is 23.1 Å². The molecule has 0 bridgehead atoms. The number of carbonyl (C=O) groups is 2. The third-order valence-corrected chi connectivity index (χ3v) is 7.57. The van der Waals surface area contributed by atoms with Gasteiger partial charge in [0, 0.05) is 0 Å². The van der Waals surface area contributed by atoms with E-state index in [2.05, 4.69) is 15.9 Å². The van der Waals surface area contributed by atoms with Gasteiger partial charge in [0.25, 0.3) is 11.8 Å². The molecular formula is C32H24BrFN2O3S. The van der Waals surface area contributed by atoms with E-state index < -0.39 is 11.8 Å². The van der Waals surface area contributed by atoms with Crippen LogP contribution in [0.1, 0.15) is 22.3 Å². The average molecular weight is 616 g/mol. The third kappa shape index (κ3) is 5.59. The number of halogens is 2. The molecule has 4 aromatic rings. The normalized spacial score (nSPS) is 14.7. The molecule has 200 valence electrons. The third-order valence-electron chi connectivity index (χ3n) is 6.59. The van der Waals surface area contributed by atoms with E-state index in [9.17, 15) is 14.0 Å². The molecule has 5 nitrogen and oxygen atoms in total. The predicted octanol–water partition coefficient (Wildman–Crippen LogP) is 7.53. The largest absolute Gasteiger partial charge is 0.488 e. The zero-order chi connectivity index (χ0) is 28.4. The van der Waals surface area contributed by atoms with Crippen molar-refractivity contribution >= 4 is 62.5 Å². The highest BCUT2D eigenvalue weighted by Crippen LogP contribution is 2.32. The van der Waals surface area contributed by atoms with Crippen molar-refractivity contribution in [1.82, 2.24) is 0 Å². The van der Waals surface area contributed by atoms with E-state index in [1.54, 1.807) is 48.5 Å². The first-order chi connectivity index (χ1) is 19.2. The van der Waals surface area contributed by atoms with Crippen LogP contribution in [0.5, 0.6) is 5.75 Å². The second-order valence-electron chi connectivity index (χ2n) is 9.33. The Morgan fingerprint density at radius 1 is 0.825 bits per heavy atom. The molecule has 0 saturated carbocycles. The van der Waals surface area contributed by atoms with Gasteiger partial charge in [-0.1, -0.05) is 42.5 Å². The number of thiocarbonyl (C=S) groups is 1. The summed E-state index contributed by atoms with van der Waals surface area (Å²) in [5, 5.41) is 0.0901. The van der Waals surface area contributed by atoms with Gasteiger partial charge in [-0.05, 0) is 119 Å². The summed E-state index contributed by atoms with van der Waals surface area (Å²) in [7, 11) is 0. The maximum absolute atomic E-state index is 13.8. The van der Waals surface area contributed by atoms with Crippen LogP contribution in [0, 0.1) is 19.7 Å². The van der Waals surface area contributed by atoms with Gasteiger partial charge in [-0.3, -0.25) is 19.4 Å². The van der Waals surface area contributed by atoms with Gasteiger partial charge in [0.05, 0.1) is 15.8 Å². The summed E-state index contributed by atoms with van der Waals surface area (Å²) in [6.07, 6.45) is 1.56. The smallest absolute Gasteiger partial charge is 0.270 e. The Morgan fingerprint density at radius 2 is 1.50 bits per heavy atom. The van der Waals surface area contributed by atoms with E-state index in [1.807, 2.05) is 50.2 Å². The topological polar surface area (TPSA) is 49.9 Å². The van der Waals surface area contributed by atoms with Crippen LogP contribution in [-0.4, -0.2) is 16.9 Å². The second-order valence-corrected chi connectivity index (χ2v) is 10.6. The number of benzene rings is 4. The fourth-order valence-corrected chi connectivity index (χ4v) is 5.15. The number of carbonyl (C=O) groups excluding carboxylic acids is 2. The van der Waals surface area contributed by atoms with Crippen molar-refractivity contribution in [3.05, 3.63) is 129 Å². The molecular weight excluding hydrogens is 591 g/mol. The lowest BCUT2D eigenvalue weighted by Gasteiger charge is -2.36. The molecule has 0 N–H and O–H groups in total. The van der Waals surface area contributed by atoms with Gasteiger partial charge < -0.3 is 4.74 Å². The quantitative estimate of drug-likeness (QED) is 0.128. The highest BCUT2D eigenvalue weighted by Gasteiger charge is 2.41. The first kappa shape index (κ1) is 27.4.